The summed E-state index contributed by atoms with van der Waals surface area (Å²) in [5.41, 5.74) is -0.257. The summed E-state index contributed by atoms with van der Waals surface area (Å²) in [6, 6.07) is 3.70. The number of hydrogen-bond acceptors (Lipinski definition) is 4. The Morgan fingerprint density at radius 1 is 1.28 bits per heavy atom. The van der Waals surface area contributed by atoms with Crippen LogP contribution in [0.4, 0.5) is 8.78 Å². The van der Waals surface area contributed by atoms with E-state index in [1.165, 1.54) is 0 Å². The molecule has 1 aromatic heterocycles. The maximum atomic E-state index is 13.0. The number of ether oxygens (including phenoxy) is 2. The minimum Gasteiger partial charge on any atom is -0.486 e. The van der Waals surface area contributed by atoms with Crippen LogP contribution in [-0.2, 0) is 9.53 Å². The quantitative estimate of drug-likeness (QED) is 0.839. The standard InChI is InChI=1S/C18H22F2N2O3/c19-18(20)8-13(9-18)16(23)22-6-3-17(4-7-22)10-15(12-24-17)25-14-2-1-5-21-11-14/h1-2,5,11,13,15H,3-4,6-10,12H2/t15-/m1/s1. The molecule has 0 aromatic carbocycles. The molecule has 1 saturated carbocycles. The first-order valence-electron chi connectivity index (χ1n) is 8.82. The summed E-state index contributed by atoms with van der Waals surface area (Å²) in [4.78, 5) is 18.1. The highest BCUT2D eigenvalue weighted by Gasteiger charge is 2.51. The van der Waals surface area contributed by atoms with E-state index in [9.17, 15) is 13.6 Å². The van der Waals surface area contributed by atoms with Crippen LogP contribution < -0.4 is 4.74 Å². The monoisotopic (exact) mass is 352 g/mol. The summed E-state index contributed by atoms with van der Waals surface area (Å²) in [5, 5.41) is 0. The number of likely N-dealkylation sites (tertiary alicyclic amines) is 1. The van der Waals surface area contributed by atoms with Crippen LogP contribution in [0.5, 0.6) is 5.75 Å². The number of pyridine rings is 1. The van der Waals surface area contributed by atoms with Gasteiger partial charge in [-0.15, -0.1) is 0 Å². The third kappa shape index (κ3) is 3.47. The molecule has 1 aliphatic carbocycles. The average molecular weight is 352 g/mol. The van der Waals surface area contributed by atoms with E-state index in [0.717, 1.165) is 25.0 Å². The third-order valence-electron chi connectivity index (χ3n) is 5.54. The second-order valence-corrected chi connectivity index (χ2v) is 7.41. The summed E-state index contributed by atoms with van der Waals surface area (Å²) in [5.74, 6) is -2.55. The number of carbonyl (C=O) groups is 1. The first kappa shape index (κ1) is 16.7. The van der Waals surface area contributed by atoms with Gasteiger partial charge in [0.05, 0.1) is 18.4 Å². The Morgan fingerprint density at radius 2 is 2.04 bits per heavy atom. The van der Waals surface area contributed by atoms with Crippen molar-refractivity contribution < 1.29 is 23.0 Å². The highest BCUT2D eigenvalue weighted by atomic mass is 19.3. The van der Waals surface area contributed by atoms with Crippen molar-refractivity contribution in [3.05, 3.63) is 24.5 Å². The second kappa shape index (κ2) is 6.20. The van der Waals surface area contributed by atoms with Crippen LogP contribution in [0.15, 0.2) is 24.5 Å². The highest BCUT2D eigenvalue weighted by molar-refractivity contribution is 5.80. The van der Waals surface area contributed by atoms with Crippen LogP contribution in [-0.4, -0.2) is 53.1 Å². The van der Waals surface area contributed by atoms with Crippen molar-refractivity contribution in [1.82, 2.24) is 9.88 Å². The van der Waals surface area contributed by atoms with Crippen LogP contribution in [0.25, 0.3) is 0 Å². The van der Waals surface area contributed by atoms with E-state index < -0.39 is 11.8 Å². The lowest BCUT2D eigenvalue weighted by Gasteiger charge is -2.42. The fourth-order valence-electron chi connectivity index (χ4n) is 4.06. The third-order valence-corrected chi connectivity index (χ3v) is 5.54. The van der Waals surface area contributed by atoms with E-state index in [1.54, 1.807) is 17.3 Å². The summed E-state index contributed by atoms with van der Waals surface area (Å²) < 4.78 is 37.9. The molecule has 1 spiro atoms. The summed E-state index contributed by atoms with van der Waals surface area (Å²) >= 11 is 0. The van der Waals surface area contributed by atoms with Gasteiger partial charge in [0.15, 0.2) is 0 Å². The number of nitrogens with zero attached hydrogens (tertiary/aromatic N) is 2. The van der Waals surface area contributed by atoms with E-state index in [1.807, 2.05) is 12.1 Å². The first-order valence-corrected chi connectivity index (χ1v) is 8.82. The molecular weight excluding hydrogens is 330 g/mol. The summed E-state index contributed by atoms with van der Waals surface area (Å²) in [6.07, 6.45) is 5.01. The molecule has 3 heterocycles. The fraction of sp³-hybridized carbons (Fsp3) is 0.667. The normalized spacial score (nSPS) is 27.9. The molecule has 25 heavy (non-hydrogen) atoms. The molecule has 3 fully saturated rings. The SMILES string of the molecule is O=C(C1CC(F)(F)C1)N1CCC2(CC1)C[C@@H](Oc1cccnc1)CO2. The zero-order valence-electron chi connectivity index (χ0n) is 14.0. The Balaban J connectivity index is 1.28. The van der Waals surface area contributed by atoms with E-state index in [2.05, 4.69) is 4.98 Å². The van der Waals surface area contributed by atoms with Gasteiger partial charge in [-0.25, -0.2) is 8.78 Å². The number of amides is 1. The van der Waals surface area contributed by atoms with Gasteiger partial charge in [-0.1, -0.05) is 0 Å². The highest BCUT2D eigenvalue weighted by Crippen LogP contribution is 2.44. The van der Waals surface area contributed by atoms with Gasteiger partial charge in [0, 0.05) is 44.5 Å². The van der Waals surface area contributed by atoms with Crippen LogP contribution in [0, 0.1) is 5.92 Å². The largest absolute Gasteiger partial charge is 0.486 e. The topological polar surface area (TPSA) is 51.7 Å². The molecule has 2 aliphatic heterocycles. The number of halogens is 2. The van der Waals surface area contributed by atoms with Gasteiger partial charge >= 0.3 is 0 Å². The van der Waals surface area contributed by atoms with E-state index in [4.69, 9.17) is 9.47 Å². The van der Waals surface area contributed by atoms with Crippen molar-refractivity contribution in [2.24, 2.45) is 5.92 Å². The molecule has 7 heteroatoms. The van der Waals surface area contributed by atoms with Gasteiger partial charge in [0.1, 0.15) is 11.9 Å². The van der Waals surface area contributed by atoms with Crippen molar-refractivity contribution in [2.75, 3.05) is 19.7 Å². The first-order chi connectivity index (χ1) is 11.9. The minimum atomic E-state index is -2.65. The maximum Gasteiger partial charge on any atom is 0.249 e. The Labute approximate surface area is 145 Å². The Morgan fingerprint density at radius 3 is 2.68 bits per heavy atom. The molecule has 1 atom stereocenters. The molecule has 0 radical (unpaired) electrons. The van der Waals surface area contributed by atoms with Gasteiger partial charge in [-0.05, 0) is 25.0 Å². The average Bonchev–Trinajstić information content (AvgIpc) is 2.96. The Bertz CT molecular complexity index is 624. The molecule has 0 unspecified atom stereocenters. The summed E-state index contributed by atoms with van der Waals surface area (Å²) in [7, 11) is 0. The second-order valence-electron chi connectivity index (χ2n) is 7.41. The number of alkyl halides is 2. The molecule has 3 aliphatic rings. The zero-order valence-corrected chi connectivity index (χ0v) is 14.0. The van der Waals surface area contributed by atoms with Crippen molar-refractivity contribution >= 4 is 5.91 Å². The zero-order chi connectivity index (χ0) is 17.5. The van der Waals surface area contributed by atoms with Crippen LogP contribution in [0.2, 0.25) is 0 Å². The lowest BCUT2D eigenvalue weighted by Crippen LogP contribution is -2.52. The van der Waals surface area contributed by atoms with Gasteiger partial charge in [-0.3, -0.25) is 9.78 Å². The van der Waals surface area contributed by atoms with Crippen LogP contribution in [0.3, 0.4) is 0 Å². The van der Waals surface area contributed by atoms with Crippen molar-refractivity contribution in [1.29, 1.82) is 0 Å². The number of aromatic nitrogens is 1. The molecule has 1 amide bonds. The van der Waals surface area contributed by atoms with Gasteiger partial charge in [-0.2, -0.15) is 0 Å². The smallest absolute Gasteiger partial charge is 0.249 e. The van der Waals surface area contributed by atoms with Crippen LogP contribution in [0.1, 0.15) is 32.1 Å². The number of hydrogen-bond donors (Lipinski definition) is 0. The van der Waals surface area contributed by atoms with E-state index >= 15 is 0 Å². The maximum absolute atomic E-state index is 13.0. The number of rotatable bonds is 3. The minimum absolute atomic E-state index is 0.0169. The lowest BCUT2D eigenvalue weighted by atomic mass is 9.79. The predicted octanol–water partition coefficient (Wildman–Crippen LogP) is 2.66. The van der Waals surface area contributed by atoms with Crippen molar-refractivity contribution in [3.63, 3.8) is 0 Å². The van der Waals surface area contributed by atoms with Crippen LogP contribution >= 0.6 is 0 Å². The van der Waals surface area contributed by atoms with Crippen molar-refractivity contribution in [2.45, 2.75) is 49.7 Å². The van der Waals surface area contributed by atoms with E-state index in [0.29, 0.717) is 19.7 Å². The lowest BCUT2D eigenvalue weighted by molar-refractivity contribution is -0.163. The number of piperidine rings is 1. The molecule has 0 N–H and O–H groups in total. The Kier molecular flexibility index (Phi) is 4.14. The Hall–Kier alpha value is -1.76. The van der Waals surface area contributed by atoms with E-state index in [-0.39, 0.29) is 30.5 Å². The summed E-state index contributed by atoms with van der Waals surface area (Å²) in [6.45, 7) is 1.67. The molecule has 4 rings (SSSR count). The van der Waals surface area contributed by atoms with Gasteiger partial charge in [0.25, 0.3) is 0 Å². The van der Waals surface area contributed by atoms with Gasteiger partial charge < -0.3 is 14.4 Å². The molecular formula is C18H22F2N2O3. The molecule has 136 valence electrons. The molecule has 5 nitrogen and oxygen atoms in total. The number of carbonyl (C=O) groups excluding carboxylic acids is 1. The van der Waals surface area contributed by atoms with Gasteiger partial charge in [0.2, 0.25) is 11.8 Å². The molecule has 2 saturated heterocycles. The molecule has 1 aromatic rings. The fourth-order valence-corrected chi connectivity index (χ4v) is 4.06. The predicted molar refractivity (Wildman–Crippen MR) is 85.4 cm³/mol. The van der Waals surface area contributed by atoms with Crippen molar-refractivity contribution in [3.8, 4) is 5.75 Å². The molecule has 0 bridgehead atoms.